The molecule has 3 aromatic rings. The minimum Gasteiger partial charge on any atom is -0.490 e. The van der Waals surface area contributed by atoms with Crippen LogP contribution < -0.4 is 20.2 Å². The Hall–Kier alpha value is -4.13. The third-order valence-electron chi connectivity index (χ3n) is 4.33. The third-order valence-corrected chi connectivity index (χ3v) is 4.33. The molecule has 0 radical (unpaired) electrons. The Kier molecular flexibility index (Phi) is 7.97. The topological polar surface area (TPSA) is 89.0 Å². The van der Waals surface area contributed by atoms with Crippen molar-refractivity contribution in [2.45, 2.75) is 20.5 Å². The van der Waals surface area contributed by atoms with Crippen LogP contribution in [0.4, 0.5) is 5.69 Å². The molecule has 0 fully saturated rings. The Labute approximate surface area is 187 Å². The molecule has 7 nitrogen and oxygen atoms in total. The van der Waals surface area contributed by atoms with Crippen LogP contribution in [-0.2, 0) is 11.4 Å². The van der Waals surface area contributed by atoms with Gasteiger partial charge in [0.05, 0.1) is 12.8 Å². The lowest BCUT2D eigenvalue weighted by Gasteiger charge is -2.12. The number of nitrogens with one attached hydrogen (secondary N) is 2. The van der Waals surface area contributed by atoms with E-state index in [1.54, 1.807) is 30.3 Å². The molecule has 2 amide bonds. The van der Waals surface area contributed by atoms with Crippen molar-refractivity contribution in [3.63, 3.8) is 0 Å². The lowest BCUT2D eigenvalue weighted by molar-refractivity contribution is -0.114. The number of rotatable bonds is 9. The Morgan fingerprint density at radius 2 is 1.75 bits per heavy atom. The molecule has 0 aliphatic rings. The molecule has 0 spiro atoms. The van der Waals surface area contributed by atoms with Crippen LogP contribution in [-0.4, -0.2) is 24.6 Å². The molecule has 0 aliphatic heterocycles. The molecule has 0 saturated heterocycles. The van der Waals surface area contributed by atoms with Gasteiger partial charge in [0.2, 0.25) is 5.91 Å². The average Bonchev–Trinajstić information content (AvgIpc) is 2.79. The minimum atomic E-state index is -0.388. The Balaban J connectivity index is 1.64. The van der Waals surface area contributed by atoms with Crippen LogP contribution in [0.2, 0.25) is 0 Å². The quantitative estimate of drug-likeness (QED) is 0.389. The number of carbonyl (C=O) groups excluding carboxylic acids is 2. The summed E-state index contributed by atoms with van der Waals surface area (Å²) >= 11 is 0. The van der Waals surface area contributed by atoms with Gasteiger partial charge in [-0.2, -0.15) is 5.10 Å². The molecule has 0 bridgehead atoms. The smallest absolute Gasteiger partial charge is 0.271 e. The third kappa shape index (κ3) is 6.70. The summed E-state index contributed by atoms with van der Waals surface area (Å²) in [6, 6.07) is 21.9. The molecule has 7 heteroatoms. The summed E-state index contributed by atoms with van der Waals surface area (Å²) in [6.45, 7) is 4.23. The highest BCUT2D eigenvalue weighted by Gasteiger charge is 2.08. The lowest BCUT2D eigenvalue weighted by Crippen LogP contribution is -2.18. The van der Waals surface area contributed by atoms with Gasteiger partial charge in [-0.25, -0.2) is 5.43 Å². The van der Waals surface area contributed by atoms with Gasteiger partial charge in [-0.1, -0.05) is 36.4 Å². The number of hydrogen-bond acceptors (Lipinski definition) is 5. The molecule has 2 N–H and O–H groups in total. The summed E-state index contributed by atoms with van der Waals surface area (Å²) in [6.07, 6.45) is 1.53. The average molecular weight is 431 g/mol. The standard InChI is InChI=1S/C25H25N3O4/c1-3-31-24-14-20(12-13-23(24)32-17-19-8-5-4-6-9-19)16-26-28-25(30)21-10-7-11-22(15-21)27-18(2)29/h4-16H,3,17H2,1-2H3,(H,27,29)(H,28,30). The second kappa shape index (κ2) is 11.3. The van der Waals surface area contributed by atoms with Crippen molar-refractivity contribution in [3.05, 3.63) is 89.5 Å². The first kappa shape index (κ1) is 22.6. The van der Waals surface area contributed by atoms with Crippen LogP contribution in [0.5, 0.6) is 11.5 Å². The molecule has 3 rings (SSSR count). The highest BCUT2D eigenvalue weighted by atomic mass is 16.5. The summed E-state index contributed by atoms with van der Waals surface area (Å²) in [5.74, 6) is 0.636. The van der Waals surface area contributed by atoms with Crippen molar-refractivity contribution < 1.29 is 19.1 Å². The van der Waals surface area contributed by atoms with Crippen LogP contribution >= 0.6 is 0 Å². The van der Waals surface area contributed by atoms with E-state index in [1.807, 2.05) is 49.4 Å². The largest absolute Gasteiger partial charge is 0.490 e. The predicted octanol–water partition coefficient (Wildman–Crippen LogP) is 4.39. The maximum atomic E-state index is 12.3. The fourth-order valence-electron chi connectivity index (χ4n) is 2.90. The fourth-order valence-corrected chi connectivity index (χ4v) is 2.90. The van der Waals surface area contributed by atoms with E-state index in [4.69, 9.17) is 9.47 Å². The highest BCUT2D eigenvalue weighted by Crippen LogP contribution is 2.29. The minimum absolute atomic E-state index is 0.207. The van der Waals surface area contributed by atoms with Gasteiger partial charge in [0, 0.05) is 18.2 Å². The first-order valence-electron chi connectivity index (χ1n) is 10.2. The molecule has 32 heavy (non-hydrogen) atoms. The van der Waals surface area contributed by atoms with Gasteiger partial charge in [0.15, 0.2) is 11.5 Å². The first-order chi connectivity index (χ1) is 15.5. The van der Waals surface area contributed by atoms with E-state index in [-0.39, 0.29) is 11.8 Å². The van der Waals surface area contributed by atoms with E-state index >= 15 is 0 Å². The lowest BCUT2D eigenvalue weighted by atomic mass is 10.2. The van der Waals surface area contributed by atoms with Crippen LogP contribution in [0.3, 0.4) is 0 Å². The number of hydrogen-bond donors (Lipinski definition) is 2. The second-order valence-corrected chi connectivity index (χ2v) is 6.87. The summed E-state index contributed by atoms with van der Waals surface area (Å²) in [4.78, 5) is 23.5. The van der Waals surface area contributed by atoms with Crippen molar-refractivity contribution in [3.8, 4) is 11.5 Å². The predicted molar refractivity (Wildman–Crippen MR) is 124 cm³/mol. The zero-order valence-corrected chi connectivity index (χ0v) is 18.0. The second-order valence-electron chi connectivity index (χ2n) is 6.87. The molecule has 0 atom stereocenters. The SMILES string of the molecule is CCOc1cc(C=NNC(=O)c2cccc(NC(C)=O)c2)ccc1OCc1ccccc1. The number of amides is 2. The van der Waals surface area contributed by atoms with Gasteiger partial charge in [-0.15, -0.1) is 0 Å². The maximum absolute atomic E-state index is 12.3. The fraction of sp³-hybridized carbons (Fsp3) is 0.160. The van der Waals surface area contributed by atoms with Crippen molar-refractivity contribution in [1.29, 1.82) is 0 Å². The van der Waals surface area contributed by atoms with E-state index in [1.165, 1.54) is 13.1 Å². The Morgan fingerprint density at radius 3 is 2.50 bits per heavy atom. The molecule has 0 aliphatic carbocycles. The number of anilines is 1. The molecular formula is C25H25N3O4. The summed E-state index contributed by atoms with van der Waals surface area (Å²) in [7, 11) is 0. The van der Waals surface area contributed by atoms with Crippen molar-refractivity contribution >= 4 is 23.7 Å². The first-order valence-corrected chi connectivity index (χ1v) is 10.2. The van der Waals surface area contributed by atoms with Gasteiger partial charge >= 0.3 is 0 Å². The number of nitrogens with zero attached hydrogens (tertiary/aromatic N) is 1. The van der Waals surface area contributed by atoms with E-state index in [2.05, 4.69) is 15.8 Å². The van der Waals surface area contributed by atoms with Crippen LogP contribution in [0, 0.1) is 0 Å². The monoisotopic (exact) mass is 431 g/mol. The number of benzene rings is 3. The zero-order valence-electron chi connectivity index (χ0n) is 18.0. The van der Waals surface area contributed by atoms with Gasteiger partial charge in [-0.05, 0) is 54.4 Å². The van der Waals surface area contributed by atoms with Gasteiger partial charge < -0.3 is 14.8 Å². The van der Waals surface area contributed by atoms with E-state index < -0.39 is 0 Å². The summed E-state index contributed by atoms with van der Waals surface area (Å²) in [5, 5.41) is 6.67. The molecule has 3 aromatic carbocycles. The number of hydrazone groups is 1. The molecule has 0 saturated carbocycles. The van der Waals surface area contributed by atoms with Gasteiger partial charge in [0.1, 0.15) is 6.61 Å². The summed E-state index contributed by atoms with van der Waals surface area (Å²) in [5.41, 5.74) is 5.22. The van der Waals surface area contributed by atoms with Crippen LogP contribution in [0.1, 0.15) is 35.3 Å². The van der Waals surface area contributed by atoms with E-state index in [9.17, 15) is 9.59 Å². The normalized spacial score (nSPS) is 10.6. The van der Waals surface area contributed by atoms with Crippen LogP contribution in [0.25, 0.3) is 0 Å². The molecular weight excluding hydrogens is 406 g/mol. The molecule has 0 unspecified atom stereocenters. The van der Waals surface area contributed by atoms with Gasteiger partial charge in [-0.3, -0.25) is 9.59 Å². The van der Waals surface area contributed by atoms with Crippen molar-refractivity contribution in [2.75, 3.05) is 11.9 Å². The number of carbonyl (C=O) groups is 2. The summed E-state index contributed by atoms with van der Waals surface area (Å²) < 4.78 is 11.6. The van der Waals surface area contributed by atoms with E-state index in [0.29, 0.717) is 36.0 Å². The molecule has 0 heterocycles. The van der Waals surface area contributed by atoms with Gasteiger partial charge in [0.25, 0.3) is 5.91 Å². The van der Waals surface area contributed by atoms with Crippen molar-refractivity contribution in [1.82, 2.24) is 5.43 Å². The molecule has 164 valence electrons. The number of ether oxygens (including phenoxy) is 2. The van der Waals surface area contributed by atoms with Crippen molar-refractivity contribution in [2.24, 2.45) is 5.10 Å². The Bertz CT molecular complexity index is 1100. The molecule has 0 aromatic heterocycles. The zero-order chi connectivity index (χ0) is 22.8. The maximum Gasteiger partial charge on any atom is 0.271 e. The van der Waals surface area contributed by atoms with E-state index in [0.717, 1.165) is 11.1 Å². The van der Waals surface area contributed by atoms with Crippen LogP contribution in [0.15, 0.2) is 77.9 Å². The Morgan fingerprint density at radius 1 is 0.938 bits per heavy atom. The highest BCUT2D eigenvalue weighted by molar-refractivity contribution is 5.97.